The molecule has 1 spiro atoms. The molecular weight excluding hydrogens is 270 g/mol. The van der Waals surface area contributed by atoms with E-state index in [4.69, 9.17) is 9.15 Å². The van der Waals surface area contributed by atoms with Crippen LogP contribution in [0.15, 0.2) is 28.9 Å². The minimum Gasteiger partial charge on any atom is -0.469 e. The Morgan fingerprint density at radius 3 is 2.81 bits per heavy atom. The van der Waals surface area contributed by atoms with Crippen LogP contribution in [0.2, 0.25) is 0 Å². The number of furan rings is 1. The first-order chi connectivity index (χ1) is 10.1. The largest absolute Gasteiger partial charge is 0.469 e. The molecule has 2 aliphatic rings. The fourth-order valence-electron chi connectivity index (χ4n) is 3.19. The maximum absolute atomic E-state index is 12.1. The third-order valence-corrected chi connectivity index (χ3v) is 4.68. The lowest BCUT2D eigenvalue weighted by Gasteiger charge is -2.32. The molecule has 1 aromatic rings. The molecule has 21 heavy (non-hydrogen) atoms. The fraction of sp³-hybridized carbons (Fsp3) is 0.500. The van der Waals surface area contributed by atoms with E-state index >= 15 is 0 Å². The second-order valence-electron chi connectivity index (χ2n) is 5.82. The minimum atomic E-state index is -0.104. The van der Waals surface area contributed by atoms with Gasteiger partial charge in [0.2, 0.25) is 5.91 Å². The van der Waals surface area contributed by atoms with Crippen molar-refractivity contribution in [3.8, 4) is 0 Å². The first-order valence-corrected chi connectivity index (χ1v) is 7.23. The van der Waals surface area contributed by atoms with E-state index in [2.05, 4.69) is 0 Å². The topological polar surface area (TPSA) is 59.8 Å². The lowest BCUT2D eigenvalue weighted by molar-refractivity contribution is -0.143. The first kappa shape index (κ1) is 13.9. The van der Waals surface area contributed by atoms with Crippen LogP contribution in [0, 0.1) is 11.3 Å². The van der Waals surface area contributed by atoms with Crippen molar-refractivity contribution >= 4 is 18.0 Å². The van der Waals surface area contributed by atoms with Crippen LogP contribution in [-0.4, -0.2) is 37.0 Å². The van der Waals surface area contributed by atoms with Gasteiger partial charge in [0.05, 0.1) is 19.3 Å². The minimum absolute atomic E-state index is 0.00322. The van der Waals surface area contributed by atoms with Crippen molar-refractivity contribution in [3.63, 3.8) is 0 Å². The van der Waals surface area contributed by atoms with Crippen molar-refractivity contribution in [3.05, 3.63) is 30.2 Å². The van der Waals surface area contributed by atoms with E-state index in [1.54, 1.807) is 30.5 Å². The van der Waals surface area contributed by atoms with Crippen LogP contribution >= 0.6 is 0 Å². The van der Waals surface area contributed by atoms with E-state index in [0.717, 1.165) is 19.3 Å². The summed E-state index contributed by atoms with van der Waals surface area (Å²) < 4.78 is 9.97. The monoisotopic (exact) mass is 289 g/mol. The van der Waals surface area contributed by atoms with Crippen LogP contribution in [0.25, 0.3) is 6.08 Å². The molecule has 0 bridgehead atoms. The predicted octanol–water partition coefficient (Wildman–Crippen LogP) is 2.09. The predicted molar refractivity (Wildman–Crippen MR) is 76.1 cm³/mol. The molecule has 1 atom stereocenters. The molecule has 1 unspecified atom stereocenters. The highest BCUT2D eigenvalue weighted by Gasteiger charge is 2.59. The maximum atomic E-state index is 12.1. The van der Waals surface area contributed by atoms with Gasteiger partial charge in [-0.15, -0.1) is 0 Å². The SMILES string of the molecule is COC(=O)C1CC12CCN(C(=O)/C=C/c1ccco1)CC2. The summed E-state index contributed by atoms with van der Waals surface area (Å²) in [4.78, 5) is 25.5. The van der Waals surface area contributed by atoms with Gasteiger partial charge < -0.3 is 14.1 Å². The standard InChI is InChI=1S/C16H19NO4/c1-20-15(19)13-11-16(13)6-8-17(9-7-16)14(18)5-4-12-3-2-10-21-12/h2-5,10,13H,6-9,11H2,1H3/b5-4+. The van der Waals surface area contributed by atoms with Gasteiger partial charge in [0.25, 0.3) is 0 Å². The molecule has 1 saturated heterocycles. The molecule has 1 saturated carbocycles. The summed E-state index contributed by atoms with van der Waals surface area (Å²) in [6.07, 6.45) is 7.47. The molecule has 1 aliphatic heterocycles. The van der Waals surface area contributed by atoms with Crippen molar-refractivity contribution in [1.29, 1.82) is 0 Å². The van der Waals surface area contributed by atoms with Crippen LogP contribution in [0.3, 0.4) is 0 Å². The number of carbonyl (C=O) groups excluding carboxylic acids is 2. The van der Waals surface area contributed by atoms with Gasteiger partial charge in [-0.2, -0.15) is 0 Å². The molecule has 0 aromatic carbocycles. The molecule has 0 radical (unpaired) electrons. The summed E-state index contributed by atoms with van der Waals surface area (Å²) in [6, 6.07) is 3.59. The Balaban J connectivity index is 1.52. The molecule has 1 aromatic heterocycles. The third-order valence-electron chi connectivity index (χ3n) is 4.68. The number of amides is 1. The number of carbonyl (C=O) groups is 2. The van der Waals surface area contributed by atoms with Gasteiger partial charge in [-0.3, -0.25) is 9.59 Å². The molecular formula is C16H19NO4. The Morgan fingerprint density at radius 1 is 1.43 bits per heavy atom. The Hall–Kier alpha value is -2.04. The lowest BCUT2D eigenvalue weighted by Crippen LogP contribution is -2.39. The quantitative estimate of drug-likeness (QED) is 0.631. The van der Waals surface area contributed by atoms with Gasteiger partial charge in [-0.1, -0.05) is 0 Å². The van der Waals surface area contributed by atoms with Crippen LogP contribution in [-0.2, 0) is 14.3 Å². The van der Waals surface area contributed by atoms with E-state index in [0.29, 0.717) is 18.8 Å². The number of ether oxygens (including phenoxy) is 1. The summed E-state index contributed by atoms with van der Waals surface area (Å²) in [7, 11) is 1.44. The highest BCUT2D eigenvalue weighted by molar-refractivity contribution is 5.91. The van der Waals surface area contributed by atoms with E-state index < -0.39 is 0 Å². The number of hydrogen-bond donors (Lipinski definition) is 0. The Kier molecular flexibility index (Phi) is 3.57. The normalized spacial score (nSPS) is 23.5. The van der Waals surface area contributed by atoms with Gasteiger partial charge in [-0.05, 0) is 42.9 Å². The highest BCUT2D eigenvalue weighted by atomic mass is 16.5. The van der Waals surface area contributed by atoms with Crippen molar-refractivity contribution < 1.29 is 18.7 Å². The van der Waals surface area contributed by atoms with Crippen molar-refractivity contribution in [1.82, 2.24) is 4.90 Å². The molecule has 5 nitrogen and oxygen atoms in total. The summed E-state index contributed by atoms with van der Waals surface area (Å²) >= 11 is 0. The van der Waals surface area contributed by atoms with Gasteiger partial charge in [0.1, 0.15) is 5.76 Å². The van der Waals surface area contributed by atoms with Crippen molar-refractivity contribution in [2.45, 2.75) is 19.3 Å². The fourth-order valence-corrected chi connectivity index (χ4v) is 3.19. The smallest absolute Gasteiger partial charge is 0.309 e. The Labute approximate surface area is 123 Å². The zero-order valence-electron chi connectivity index (χ0n) is 12.1. The number of nitrogens with zero attached hydrogens (tertiary/aromatic N) is 1. The molecule has 5 heteroatoms. The van der Waals surface area contributed by atoms with Gasteiger partial charge >= 0.3 is 5.97 Å². The summed E-state index contributed by atoms with van der Waals surface area (Å²) in [5.74, 6) is 0.604. The summed E-state index contributed by atoms with van der Waals surface area (Å²) in [5, 5.41) is 0. The first-order valence-electron chi connectivity index (χ1n) is 7.23. The number of hydrogen-bond acceptors (Lipinski definition) is 4. The van der Waals surface area contributed by atoms with Crippen LogP contribution in [0.4, 0.5) is 0 Å². The average Bonchev–Trinajstić information content (AvgIpc) is 2.97. The lowest BCUT2D eigenvalue weighted by atomic mass is 9.91. The van der Waals surface area contributed by atoms with Crippen LogP contribution in [0.1, 0.15) is 25.0 Å². The number of likely N-dealkylation sites (tertiary alicyclic amines) is 1. The molecule has 2 fully saturated rings. The zero-order chi connectivity index (χ0) is 14.9. The van der Waals surface area contributed by atoms with E-state index in [1.807, 2.05) is 4.90 Å². The van der Waals surface area contributed by atoms with E-state index in [9.17, 15) is 9.59 Å². The summed E-state index contributed by atoms with van der Waals surface area (Å²) in [5.41, 5.74) is 0.0919. The van der Waals surface area contributed by atoms with Gasteiger partial charge in [0, 0.05) is 19.2 Å². The molecule has 3 rings (SSSR count). The molecule has 0 N–H and O–H groups in total. The molecule has 112 valence electrons. The van der Waals surface area contributed by atoms with Crippen molar-refractivity contribution in [2.24, 2.45) is 11.3 Å². The Morgan fingerprint density at radius 2 is 2.19 bits per heavy atom. The van der Waals surface area contributed by atoms with Crippen LogP contribution < -0.4 is 0 Å². The molecule has 2 heterocycles. The van der Waals surface area contributed by atoms with E-state index in [-0.39, 0.29) is 23.2 Å². The number of esters is 1. The second kappa shape index (κ2) is 5.39. The number of rotatable bonds is 3. The molecule has 1 amide bonds. The number of piperidine rings is 1. The van der Waals surface area contributed by atoms with Gasteiger partial charge in [-0.25, -0.2) is 0 Å². The van der Waals surface area contributed by atoms with Crippen LogP contribution in [0.5, 0.6) is 0 Å². The van der Waals surface area contributed by atoms with Crippen molar-refractivity contribution in [2.75, 3.05) is 20.2 Å². The zero-order valence-corrected chi connectivity index (χ0v) is 12.1. The third kappa shape index (κ3) is 2.73. The second-order valence-corrected chi connectivity index (χ2v) is 5.82. The van der Waals surface area contributed by atoms with Gasteiger partial charge in [0.15, 0.2) is 0 Å². The van der Waals surface area contributed by atoms with E-state index in [1.165, 1.54) is 7.11 Å². The highest BCUT2D eigenvalue weighted by Crippen LogP contribution is 2.59. The molecule has 1 aliphatic carbocycles. The Bertz CT molecular complexity index is 553. The maximum Gasteiger partial charge on any atom is 0.309 e. The number of methoxy groups -OCH3 is 1. The average molecular weight is 289 g/mol. The summed E-state index contributed by atoms with van der Waals surface area (Å²) in [6.45, 7) is 1.41.